The number of likely N-dealkylation sites (tertiary alicyclic amines) is 1. The molecule has 0 bridgehead atoms. The summed E-state index contributed by atoms with van der Waals surface area (Å²) in [5.41, 5.74) is 2.14. The predicted octanol–water partition coefficient (Wildman–Crippen LogP) is 4.27. The summed E-state index contributed by atoms with van der Waals surface area (Å²) < 4.78 is 70.9. The summed E-state index contributed by atoms with van der Waals surface area (Å²) in [6.07, 6.45) is -5.66. The van der Waals surface area contributed by atoms with Crippen LogP contribution in [0.25, 0.3) is 5.65 Å². The van der Waals surface area contributed by atoms with Crippen LogP contribution < -0.4 is 4.90 Å². The number of anilines is 1. The highest BCUT2D eigenvalue weighted by Gasteiger charge is 2.38. The number of nitrogens with zero attached hydrogens (tertiary/aromatic N) is 5. The second kappa shape index (κ2) is 14.0. The molecule has 0 spiro atoms. The molecule has 0 amide bonds. The lowest BCUT2D eigenvalue weighted by Gasteiger charge is -2.30. The van der Waals surface area contributed by atoms with Crippen molar-refractivity contribution in [2.45, 2.75) is 37.7 Å². The number of piperidine rings is 1. The van der Waals surface area contributed by atoms with Crippen molar-refractivity contribution in [3.63, 3.8) is 0 Å². The topological polar surface area (TPSA) is 120 Å². The van der Waals surface area contributed by atoms with Crippen molar-refractivity contribution < 1.29 is 50.9 Å². The molecular weight excluding hydrogens is 584 g/mol. The van der Waals surface area contributed by atoms with Crippen molar-refractivity contribution in [3.05, 3.63) is 46.5 Å². The zero-order valence-corrected chi connectivity index (χ0v) is 22.3. The monoisotopic (exact) mass is 611 g/mol. The summed E-state index contributed by atoms with van der Waals surface area (Å²) >= 11 is 1.84. The average molecular weight is 612 g/mol. The highest BCUT2D eigenvalue weighted by atomic mass is 32.1. The Hall–Kier alpha value is -3.44. The van der Waals surface area contributed by atoms with Gasteiger partial charge in [-0.05, 0) is 43.0 Å². The molecule has 1 unspecified atom stereocenters. The van der Waals surface area contributed by atoms with E-state index < -0.39 is 24.3 Å². The number of morpholine rings is 1. The Kier molecular flexibility index (Phi) is 10.9. The summed E-state index contributed by atoms with van der Waals surface area (Å²) in [7, 11) is 0. The minimum atomic E-state index is -5.08. The van der Waals surface area contributed by atoms with Gasteiger partial charge in [0.05, 0.1) is 25.1 Å². The number of alkyl halides is 6. The average Bonchev–Trinajstić information content (AvgIpc) is 3.58. The van der Waals surface area contributed by atoms with Gasteiger partial charge < -0.3 is 19.8 Å². The number of ether oxygens (including phenoxy) is 1. The number of halogens is 6. The molecule has 5 rings (SSSR count). The van der Waals surface area contributed by atoms with Crippen LogP contribution in [-0.2, 0) is 20.9 Å². The van der Waals surface area contributed by atoms with Gasteiger partial charge in [-0.2, -0.15) is 31.4 Å². The lowest BCUT2D eigenvalue weighted by Crippen LogP contribution is -2.36. The van der Waals surface area contributed by atoms with Crippen LogP contribution in [0.2, 0.25) is 0 Å². The maximum atomic E-state index is 10.6. The molecule has 5 heterocycles. The molecule has 2 aliphatic rings. The number of pyridine rings is 1. The molecule has 2 fully saturated rings. The number of aliphatic carboxylic acids is 2. The van der Waals surface area contributed by atoms with E-state index in [2.05, 4.69) is 45.6 Å². The lowest BCUT2D eigenvalue weighted by atomic mass is 9.97. The molecule has 10 nitrogen and oxygen atoms in total. The Labute approximate surface area is 233 Å². The zero-order valence-electron chi connectivity index (χ0n) is 21.4. The van der Waals surface area contributed by atoms with Crippen LogP contribution in [0.1, 0.15) is 29.5 Å². The van der Waals surface area contributed by atoms with Gasteiger partial charge >= 0.3 is 24.3 Å². The maximum Gasteiger partial charge on any atom is 0.490 e. The number of carbonyl (C=O) groups is 2. The lowest BCUT2D eigenvalue weighted by molar-refractivity contribution is -0.193. The fourth-order valence-electron chi connectivity index (χ4n) is 4.10. The number of fused-ring (bicyclic) bond motifs is 1. The van der Waals surface area contributed by atoms with Gasteiger partial charge in [0.15, 0.2) is 11.5 Å². The van der Waals surface area contributed by atoms with Crippen molar-refractivity contribution in [2.24, 2.45) is 0 Å². The Morgan fingerprint density at radius 1 is 1.00 bits per heavy atom. The van der Waals surface area contributed by atoms with Crippen molar-refractivity contribution in [2.75, 3.05) is 44.3 Å². The normalized spacial score (nSPS) is 18.2. The molecule has 17 heteroatoms. The molecule has 0 radical (unpaired) electrons. The number of aromatic nitrogens is 3. The van der Waals surface area contributed by atoms with E-state index in [1.807, 2.05) is 15.9 Å². The fourth-order valence-corrected chi connectivity index (χ4v) is 4.85. The SMILES string of the molecule is O=C(O)C(F)(F)F.O=C(O)C(F)(F)F.c1csc(CN2CCCC(c3nc4ccc(N5CCOCC5)cn4n3)C2)c1. The first-order valence-electron chi connectivity index (χ1n) is 12.3. The van der Waals surface area contributed by atoms with E-state index in [1.165, 1.54) is 30.0 Å². The van der Waals surface area contributed by atoms with Crippen molar-refractivity contribution in [1.29, 1.82) is 0 Å². The van der Waals surface area contributed by atoms with Crippen LogP contribution in [-0.4, -0.2) is 93.4 Å². The first kappa shape index (κ1) is 32.1. The number of rotatable bonds is 4. The van der Waals surface area contributed by atoms with E-state index in [-0.39, 0.29) is 0 Å². The van der Waals surface area contributed by atoms with Gasteiger partial charge in [-0.3, -0.25) is 4.90 Å². The zero-order chi connectivity index (χ0) is 30.2. The van der Waals surface area contributed by atoms with Gasteiger partial charge in [0.2, 0.25) is 0 Å². The molecule has 0 saturated carbocycles. The molecule has 2 saturated heterocycles. The molecule has 3 aromatic heterocycles. The quantitative estimate of drug-likeness (QED) is 0.417. The molecule has 2 aliphatic heterocycles. The largest absolute Gasteiger partial charge is 0.490 e. The summed E-state index contributed by atoms with van der Waals surface area (Å²) in [6.45, 7) is 6.73. The summed E-state index contributed by atoms with van der Waals surface area (Å²) in [4.78, 5) is 29.0. The number of carboxylic acids is 2. The van der Waals surface area contributed by atoms with E-state index in [9.17, 15) is 26.3 Å². The van der Waals surface area contributed by atoms with Gasteiger partial charge in [0, 0.05) is 37.0 Å². The summed E-state index contributed by atoms with van der Waals surface area (Å²) in [5, 5.41) is 21.3. The third-order valence-corrected chi connectivity index (χ3v) is 6.88. The standard InChI is InChI=1S/C20H25N5OS.2C2HF3O2/c1-3-16(13-23(7-1)15-18-4-2-12-27-18)20-21-19-6-5-17(14-25(19)22-20)24-8-10-26-11-9-24;2*3-2(4,5)1(6)7/h2,4-6,12,14,16H,1,3,7-11,13,15H2;2*(H,6,7). The molecule has 0 aliphatic carbocycles. The number of carboxylic acid groups (broad SMARTS) is 2. The molecule has 3 aromatic rings. The van der Waals surface area contributed by atoms with Gasteiger partial charge in [-0.25, -0.2) is 19.1 Å². The Bertz CT molecular complexity index is 1250. The minimum Gasteiger partial charge on any atom is -0.475 e. The molecule has 0 aromatic carbocycles. The van der Waals surface area contributed by atoms with Crippen molar-refractivity contribution >= 4 is 34.6 Å². The molecule has 226 valence electrons. The Morgan fingerprint density at radius 2 is 1.63 bits per heavy atom. The summed E-state index contributed by atoms with van der Waals surface area (Å²) in [6, 6.07) is 8.61. The van der Waals surface area contributed by atoms with Crippen molar-refractivity contribution in [3.8, 4) is 0 Å². The van der Waals surface area contributed by atoms with Crippen LogP contribution >= 0.6 is 11.3 Å². The van der Waals surface area contributed by atoms with Crippen LogP contribution in [0.15, 0.2) is 35.8 Å². The first-order chi connectivity index (χ1) is 19.2. The number of thiophene rings is 1. The Balaban J connectivity index is 0.000000276. The van der Waals surface area contributed by atoms with E-state index in [0.717, 1.165) is 50.9 Å². The fraction of sp³-hybridized carbons (Fsp3) is 0.500. The maximum absolute atomic E-state index is 10.6. The Morgan fingerprint density at radius 3 is 2.20 bits per heavy atom. The van der Waals surface area contributed by atoms with Gasteiger partial charge in [-0.15, -0.1) is 11.3 Å². The van der Waals surface area contributed by atoms with Gasteiger partial charge in [-0.1, -0.05) is 6.07 Å². The molecule has 2 N–H and O–H groups in total. The van der Waals surface area contributed by atoms with E-state index >= 15 is 0 Å². The van der Waals surface area contributed by atoms with E-state index in [1.54, 1.807) is 0 Å². The number of hydrogen-bond acceptors (Lipinski definition) is 8. The smallest absolute Gasteiger partial charge is 0.475 e. The highest BCUT2D eigenvalue weighted by molar-refractivity contribution is 7.09. The number of hydrogen-bond donors (Lipinski definition) is 2. The molecular formula is C24H27F6N5O5S. The first-order valence-corrected chi connectivity index (χ1v) is 13.2. The third-order valence-electron chi connectivity index (χ3n) is 6.02. The molecule has 1 atom stereocenters. The summed E-state index contributed by atoms with van der Waals surface area (Å²) in [5.74, 6) is -4.10. The minimum absolute atomic E-state index is 0.422. The molecule has 41 heavy (non-hydrogen) atoms. The van der Waals surface area contributed by atoms with Gasteiger partial charge in [0.1, 0.15) is 0 Å². The highest BCUT2D eigenvalue weighted by Crippen LogP contribution is 2.27. The van der Waals surface area contributed by atoms with Crippen LogP contribution in [0, 0.1) is 0 Å². The van der Waals surface area contributed by atoms with E-state index in [0.29, 0.717) is 5.92 Å². The van der Waals surface area contributed by atoms with Crippen LogP contribution in [0.3, 0.4) is 0 Å². The second-order valence-corrected chi connectivity index (χ2v) is 10.1. The van der Waals surface area contributed by atoms with Crippen LogP contribution in [0.5, 0.6) is 0 Å². The van der Waals surface area contributed by atoms with Crippen molar-refractivity contribution in [1.82, 2.24) is 19.5 Å². The van der Waals surface area contributed by atoms with E-state index in [4.69, 9.17) is 34.6 Å². The third kappa shape index (κ3) is 9.86. The second-order valence-electron chi connectivity index (χ2n) is 9.02. The predicted molar refractivity (Wildman–Crippen MR) is 135 cm³/mol. The van der Waals surface area contributed by atoms with Gasteiger partial charge in [0.25, 0.3) is 0 Å². The van der Waals surface area contributed by atoms with Crippen LogP contribution in [0.4, 0.5) is 32.0 Å².